The van der Waals surface area contributed by atoms with Gasteiger partial charge in [-0.25, -0.2) is 4.98 Å². The van der Waals surface area contributed by atoms with Gasteiger partial charge in [0.15, 0.2) is 0 Å². The minimum atomic E-state index is -1.39. The summed E-state index contributed by atoms with van der Waals surface area (Å²) in [6.07, 6.45) is 4.18. The standard InChI is InChI=1S/C25H22N2OS.C6H8BNO2/c1-17-12-19(8-9-23(17)21-10-11-26-18(2)13-21)14-22(28)15-25-27-24(16-29-25)20-6-4-3-5-7-20;1-5-4-6(7(9)10)2-3-8-5/h3-13,16H,14-15H2,1-2H3;2-4,9-10H,1H3. The van der Waals surface area contributed by atoms with Gasteiger partial charge in [-0.2, -0.15) is 0 Å². The molecule has 6 nitrogen and oxygen atoms in total. The lowest BCUT2D eigenvalue weighted by atomic mass is 9.81. The number of aryl methyl sites for hydroxylation is 3. The summed E-state index contributed by atoms with van der Waals surface area (Å²) in [5.41, 5.74) is 8.83. The van der Waals surface area contributed by atoms with E-state index in [2.05, 4.69) is 40.1 Å². The Kier molecular flexibility index (Phi) is 9.49. The Morgan fingerprint density at radius 3 is 2.18 bits per heavy atom. The van der Waals surface area contributed by atoms with Gasteiger partial charge in [-0.3, -0.25) is 14.8 Å². The number of thiazole rings is 1. The van der Waals surface area contributed by atoms with E-state index < -0.39 is 7.12 Å². The first-order chi connectivity index (χ1) is 18.8. The molecule has 8 heteroatoms. The Morgan fingerprint density at radius 1 is 0.821 bits per heavy atom. The lowest BCUT2D eigenvalue weighted by Gasteiger charge is -2.09. The first-order valence-corrected chi connectivity index (χ1v) is 13.5. The Bertz CT molecular complexity index is 1550. The Morgan fingerprint density at radius 2 is 1.54 bits per heavy atom. The number of carbonyl (C=O) groups excluding carboxylic acids is 1. The number of hydrogen-bond acceptors (Lipinski definition) is 7. The fraction of sp³-hybridized carbons (Fsp3) is 0.161. The third kappa shape index (κ3) is 8.00. The summed E-state index contributed by atoms with van der Waals surface area (Å²) in [4.78, 5) is 25.4. The van der Waals surface area contributed by atoms with E-state index in [9.17, 15) is 4.79 Å². The average molecular weight is 535 g/mol. The van der Waals surface area contributed by atoms with Gasteiger partial charge in [-0.05, 0) is 72.8 Å². The van der Waals surface area contributed by atoms with Crippen LogP contribution in [0.2, 0.25) is 0 Å². The minimum absolute atomic E-state index is 0.186. The van der Waals surface area contributed by atoms with Gasteiger partial charge in [0.2, 0.25) is 0 Å². The van der Waals surface area contributed by atoms with Crippen LogP contribution >= 0.6 is 11.3 Å². The van der Waals surface area contributed by atoms with E-state index in [1.165, 1.54) is 11.1 Å². The van der Waals surface area contributed by atoms with Crippen LogP contribution in [0.4, 0.5) is 0 Å². The molecule has 0 unspecified atom stereocenters. The molecule has 0 aliphatic heterocycles. The summed E-state index contributed by atoms with van der Waals surface area (Å²) in [6.45, 7) is 5.88. The number of hydrogen-bond donors (Lipinski definition) is 2. The van der Waals surface area contributed by atoms with Crippen LogP contribution in [0.3, 0.4) is 0 Å². The molecule has 2 N–H and O–H groups in total. The highest BCUT2D eigenvalue weighted by molar-refractivity contribution is 7.10. The van der Waals surface area contributed by atoms with Crippen LogP contribution < -0.4 is 5.46 Å². The second-order valence-electron chi connectivity index (χ2n) is 9.32. The molecule has 5 aromatic rings. The zero-order chi connectivity index (χ0) is 27.8. The van der Waals surface area contributed by atoms with Crippen LogP contribution in [0.1, 0.15) is 27.5 Å². The Balaban J connectivity index is 0.000000298. The smallest absolute Gasteiger partial charge is 0.423 e. The molecule has 0 radical (unpaired) electrons. The molecular formula is C31H30BN3O3S. The fourth-order valence-corrected chi connectivity index (χ4v) is 5.03. The van der Waals surface area contributed by atoms with Crippen molar-refractivity contribution in [1.82, 2.24) is 15.0 Å². The van der Waals surface area contributed by atoms with Crippen molar-refractivity contribution in [3.63, 3.8) is 0 Å². The van der Waals surface area contributed by atoms with E-state index >= 15 is 0 Å². The third-order valence-corrected chi connectivity index (χ3v) is 6.94. The second kappa shape index (κ2) is 13.2. The van der Waals surface area contributed by atoms with Gasteiger partial charge >= 0.3 is 7.12 Å². The SMILES string of the molecule is Cc1cc(-c2ccc(CC(=O)Cc3nc(-c4ccccc4)cs3)cc2C)ccn1.Cc1cc(B(O)O)ccn1. The van der Waals surface area contributed by atoms with Gasteiger partial charge in [-0.1, -0.05) is 48.5 Å². The molecular weight excluding hydrogens is 505 g/mol. The second-order valence-corrected chi connectivity index (χ2v) is 10.3. The lowest BCUT2D eigenvalue weighted by Crippen LogP contribution is -2.29. The lowest BCUT2D eigenvalue weighted by molar-refractivity contribution is -0.117. The predicted molar refractivity (Wildman–Crippen MR) is 158 cm³/mol. The number of carbonyl (C=O) groups is 1. The predicted octanol–water partition coefficient (Wildman–Crippen LogP) is 4.91. The number of Topliss-reactive ketones (excluding diaryl/α,β-unsaturated/α-hetero) is 1. The molecule has 3 aromatic heterocycles. The quantitative estimate of drug-likeness (QED) is 0.288. The van der Waals surface area contributed by atoms with Crippen molar-refractivity contribution in [3.8, 4) is 22.4 Å². The minimum Gasteiger partial charge on any atom is -0.423 e. The summed E-state index contributed by atoms with van der Waals surface area (Å²) in [7, 11) is -1.39. The maximum absolute atomic E-state index is 12.6. The zero-order valence-corrected chi connectivity index (χ0v) is 23.0. The molecule has 0 saturated heterocycles. The Labute approximate surface area is 233 Å². The highest BCUT2D eigenvalue weighted by atomic mass is 32.1. The van der Waals surface area contributed by atoms with Gasteiger partial charge in [0.1, 0.15) is 10.8 Å². The van der Waals surface area contributed by atoms with Crippen LogP contribution in [-0.2, 0) is 17.6 Å². The summed E-state index contributed by atoms with van der Waals surface area (Å²) in [6, 6.07) is 23.6. The number of pyridine rings is 2. The topological polar surface area (TPSA) is 96.2 Å². The van der Waals surface area contributed by atoms with Gasteiger partial charge in [0, 0.05) is 41.1 Å². The molecule has 0 aliphatic rings. The molecule has 0 aliphatic carbocycles. The van der Waals surface area contributed by atoms with Gasteiger partial charge in [0.05, 0.1) is 12.1 Å². The molecule has 0 saturated carbocycles. The van der Waals surface area contributed by atoms with Gasteiger partial charge in [0.25, 0.3) is 0 Å². The molecule has 5 rings (SSSR count). The fourth-order valence-electron chi connectivity index (χ4n) is 4.19. The van der Waals surface area contributed by atoms with Crippen molar-refractivity contribution in [2.24, 2.45) is 0 Å². The van der Waals surface area contributed by atoms with Crippen molar-refractivity contribution in [2.75, 3.05) is 0 Å². The number of ketones is 1. The molecule has 2 aromatic carbocycles. The van der Waals surface area contributed by atoms with E-state index in [0.717, 1.165) is 38.8 Å². The number of benzene rings is 2. The largest absolute Gasteiger partial charge is 0.488 e. The third-order valence-electron chi connectivity index (χ3n) is 6.09. The maximum Gasteiger partial charge on any atom is 0.488 e. The average Bonchev–Trinajstić information content (AvgIpc) is 3.38. The van der Waals surface area contributed by atoms with E-state index in [4.69, 9.17) is 10.0 Å². The van der Waals surface area contributed by atoms with Crippen LogP contribution in [0.15, 0.2) is 90.6 Å². The molecule has 0 fully saturated rings. The van der Waals surface area contributed by atoms with Crippen molar-refractivity contribution < 1.29 is 14.8 Å². The van der Waals surface area contributed by atoms with Crippen LogP contribution in [0, 0.1) is 20.8 Å². The van der Waals surface area contributed by atoms with Crippen LogP contribution in [-0.4, -0.2) is 37.9 Å². The number of nitrogens with zero attached hydrogens (tertiary/aromatic N) is 3. The summed E-state index contributed by atoms with van der Waals surface area (Å²) in [5, 5.41) is 20.2. The van der Waals surface area contributed by atoms with Crippen molar-refractivity contribution in [2.45, 2.75) is 33.6 Å². The zero-order valence-electron chi connectivity index (χ0n) is 22.2. The highest BCUT2D eigenvalue weighted by Crippen LogP contribution is 2.25. The van der Waals surface area contributed by atoms with Gasteiger partial charge < -0.3 is 10.0 Å². The summed E-state index contributed by atoms with van der Waals surface area (Å²) >= 11 is 1.55. The molecule has 0 bridgehead atoms. The van der Waals surface area contributed by atoms with Crippen molar-refractivity contribution in [1.29, 1.82) is 0 Å². The molecule has 196 valence electrons. The highest BCUT2D eigenvalue weighted by Gasteiger charge is 2.12. The number of aromatic nitrogens is 3. The van der Waals surface area contributed by atoms with Crippen molar-refractivity contribution in [3.05, 3.63) is 118 Å². The monoisotopic (exact) mass is 535 g/mol. The molecule has 39 heavy (non-hydrogen) atoms. The maximum atomic E-state index is 12.6. The summed E-state index contributed by atoms with van der Waals surface area (Å²) < 4.78 is 0. The van der Waals surface area contributed by atoms with E-state index in [1.54, 1.807) is 36.6 Å². The molecule has 0 atom stereocenters. The van der Waals surface area contributed by atoms with E-state index in [-0.39, 0.29) is 5.78 Å². The van der Waals surface area contributed by atoms with Crippen molar-refractivity contribution >= 4 is 29.7 Å². The van der Waals surface area contributed by atoms with E-state index in [1.807, 2.05) is 61.0 Å². The molecule has 0 amide bonds. The van der Waals surface area contributed by atoms with Crippen LogP contribution in [0.5, 0.6) is 0 Å². The van der Waals surface area contributed by atoms with Crippen LogP contribution in [0.25, 0.3) is 22.4 Å². The van der Waals surface area contributed by atoms with Gasteiger partial charge in [-0.15, -0.1) is 11.3 Å². The number of rotatable bonds is 7. The molecule has 3 heterocycles. The first kappa shape index (κ1) is 28.0. The summed E-state index contributed by atoms with van der Waals surface area (Å²) in [5.74, 6) is 0.186. The van der Waals surface area contributed by atoms with E-state index in [0.29, 0.717) is 18.3 Å². The normalized spacial score (nSPS) is 10.5. The first-order valence-electron chi connectivity index (χ1n) is 12.6. The molecule has 0 spiro atoms. The Hall–Kier alpha value is -3.98.